The van der Waals surface area contributed by atoms with E-state index in [1.807, 2.05) is 0 Å². The minimum absolute atomic E-state index is 0.0226. The number of nitrogens with zero attached hydrogens (tertiary/aromatic N) is 1. The number of H-pyrrole nitrogens is 1. The molecule has 7 heteroatoms. The third kappa shape index (κ3) is 3.12. The average Bonchev–Trinajstić information content (AvgIpc) is 2.12. The first kappa shape index (κ1) is 11.2. The number of rotatable bonds is 4. The van der Waals surface area contributed by atoms with Gasteiger partial charge in [0.05, 0.1) is 6.33 Å². The van der Waals surface area contributed by atoms with E-state index >= 15 is 0 Å². The molecule has 0 amide bonds. The Balaban J connectivity index is 2.63. The van der Waals surface area contributed by atoms with Gasteiger partial charge in [0, 0.05) is 29.4 Å². The molecule has 1 rings (SSSR count). The van der Waals surface area contributed by atoms with Crippen LogP contribution < -0.4 is 10.9 Å². The van der Waals surface area contributed by atoms with Gasteiger partial charge >= 0.3 is 0 Å². The van der Waals surface area contributed by atoms with Crippen LogP contribution in [0.2, 0.25) is 5.02 Å². The monoisotopic (exact) mass is 235 g/mol. The van der Waals surface area contributed by atoms with Gasteiger partial charge in [-0.25, -0.2) is 4.98 Å². The SMILES string of the molecule is CS(=O)CCNc1nc[nH]c(=O)c1Cl. The Morgan fingerprint density at radius 1 is 1.71 bits per heavy atom. The Hall–Kier alpha value is -0.880. The van der Waals surface area contributed by atoms with Gasteiger partial charge < -0.3 is 10.3 Å². The van der Waals surface area contributed by atoms with Gasteiger partial charge in [-0.05, 0) is 0 Å². The lowest BCUT2D eigenvalue weighted by molar-refractivity contribution is 0.687. The van der Waals surface area contributed by atoms with Gasteiger partial charge in [-0.2, -0.15) is 0 Å². The number of nitrogens with one attached hydrogen (secondary N) is 2. The van der Waals surface area contributed by atoms with E-state index in [2.05, 4.69) is 15.3 Å². The maximum Gasteiger partial charge on any atom is 0.271 e. The molecule has 2 N–H and O–H groups in total. The summed E-state index contributed by atoms with van der Waals surface area (Å²) in [6.45, 7) is 0.472. The van der Waals surface area contributed by atoms with E-state index in [1.54, 1.807) is 6.26 Å². The summed E-state index contributed by atoms with van der Waals surface area (Å²) in [5.41, 5.74) is -0.387. The molecule has 0 aromatic carbocycles. The second-order valence-corrected chi connectivity index (χ2v) is 4.53. The van der Waals surface area contributed by atoms with Crippen LogP contribution in [0.25, 0.3) is 0 Å². The molecule has 0 aliphatic heterocycles. The molecule has 0 bridgehead atoms. The van der Waals surface area contributed by atoms with Gasteiger partial charge in [0.1, 0.15) is 5.02 Å². The normalized spacial score (nSPS) is 12.4. The Kier molecular flexibility index (Phi) is 4.09. The topological polar surface area (TPSA) is 74.8 Å². The van der Waals surface area contributed by atoms with E-state index in [0.29, 0.717) is 18.1 Å². The molecule has 0 spiro atoms. The first-order chi connectivity index (χ1) is 6.61. The predicted octanol–water partition coefficient (Wildman–Crippen LogP) is 0.214. The smallest absolute Gasteiger partial charge is 0.271 e. The molecule has 5 nitrogen and oxygen atoms in total. The van der Waals surface area contributed by atoms with Crippen LogP contribution in [0.4, 0.5) is 5.82 Å². The van der Waals surface area contributed by atoms with Crippen molar-refractivity contribution in [3.8, 4) is 0 Å². The highest BCUT2D eigenvalue weighted by atomic mass is 35.5. The number of anilines is 1. The van der Waals surface area contributed by atoms with E-state index in [-0.39, 0.29) is 10.6 Å². The summed E-state index contributed by atoms with van der Waals surface area (Å²) in [4.78, 5) is 17.2. The number of hydrogen-bond acceptors (Lipinski definition) is 4. The third-order valence-electron chi connectivity index (χ3n) is 1.48. The summed E-state index contributed by atoms with van der Waals surface area (Å²) in [5.74, 6) is 0.811. The molecule has 0 aliphatic rings. The summed E-state index contributed by atoms with van der Waals surface area (Å²) >= 11 is 5.66. The van der Waals surface area contributed by atoms with Gasteiger partial charge in [0.25, 0.3) is 5.56 Å². The fourth-order valence-electron chi connectivity index (χ4n) is 0.819. The summed E-state index contributed by atoms with van der Waals surface area (Å²) in [5, 5.41) is 2.85. The van der Waals surface area contributed by atoms with Crippen molar-refractivity contribution in [2.24, 2.45) is 0 Å². The number of halogens is 1. The molecular weight excluding hydrogens is 226 g/mol. The third-order valence-corrected chi connectivity index (χ3v) is 2.61. The molecule has 1 unspecified atom stereocenters. The molecule has 0 radical (unpaired) electrons. The molecule has 1 heterocycles. The second kappa shape index (κ2) is 5.11. The van der Waals surface area contributed by atoms with Crippen molar-refractivity contribution in [1.82, 2.24) is 9.97 Å². The molecule has 1 aromatic heterocycles. The highest BCUT2D eigenvalue weighted by molar-refractivity contribution is 7.84. The standard InChI is InChI=1S/C7H10ClN3O2S/c1-14(13)3-2-9-6-5(8)7(12)11-4-10-6/h4H,2-3H2,1H3,(H2,9,10,11,12). The molecule has 0 aliphatic carbocycles. The van der Waals surface area contributed by atoms with Crippen molar-refractivity contribution in [2.45, 2.75) is 0 Å². The van der Waals surface area contributed by atoms with Crippen LogP contribution in [0.15, 0.2) is 11.1 Å². The summed E-state index contributed by atoms with van der Waals surface area (Å²) < 4.78 is 10.7. The Morgan fingerprint density at radius 2 is 2.43 bits per heavy atom. The molecule has 1 aromatic rings. The van der Waals surface area contributed by atoms with Crippen LogP contribution in [0.5, 0.6) is 0 Å². The van der Waals surface area contributed by atoms with Crippen LogP contribution >= 0.6 is 11.6 Å². The lowest BCUT2D eigenvalue weighted by Crippen LogP contribution is -2.15. The van der Waals surface area contributed by atoms with Crippen LogP contribution in [0.3, 0.4) is 0 Å². The fourth-order valence-corrected chi connectivity index (χ4v) is 1.38. The van der Waals surface area contributed by atoms with Crippen LogP contribution in [-0.4, -0.2) is 32.7 Å². The van der Waals surface area contributed by atoms with E-state index in [4.69, 9.17) is 11.6 Å². The molecule has 0 saturated carbocycles. The molecule has 0 saturated heterocycles. The zero-order valence-electron chi connectivity index (χ0n) is 7.54. The largest absolute Gasteiger partial charge is 0.368 e. The van der Waals surface area contributed by atoms with Crippen molar-refractivity contribution in [1.29, 1.82) is 0 Å². The number of aromatic amines is 1. The van der Waals surface area contributed by atoms with Crippen molar-refractivity contribution in [2.75, 3.05) is 23.9 Å². The van der Waals surface area contributed by atoms with Crippen molar-refractivity contribution < 1.29 is 4.21 Å². The van der Waals surface area contributed by atoms with E-state index < -0.39 is 10.8 Å². The van der Waals surface area contributed by atoms with Gasteiger partial charge in [0.2, 0.25) is 0 Å². The number of hydrogen-bond donors (Lipinski definition) is 2. The first-order valence-corrected chi connectivity index (χ1v) is 5.99. The minimum atomic E-state index is -0.870. The Labute approximate surface area is 88.4 Å². The van der Waals surface area contributed by atoms with E-state index in [9.17, 15) is 9.00 Å². The maximum absolute atomic E-state index is 11.0. The zero-order chi connectivity index (χ0) is 10.6. The average molecular weight is 236 g/mol. The molecular formula is C7H10ClN3O2S. The van der Waals surface area contributed by atoms with E-state index in [1.165, 1.54) is 6.33 Å². The predicted molar refractivity (Wildman–Crippen MR) is 57.3 cm³/mol. The first-order valence-electron chi connectivity index (χ1n) is 3.88. The summed E-state index contributed by atoms with van der Waals surface area (Å²) in [7, 11) is -0.870. The van der Waals surface area contributed by atoms with Crippen molar-refractivity contribution in [3.63, 3.8) is 0 Å². The lowest BCUT2D eigenvalue weighted by Gasteiger charge is -2.04. The number of aromatic nitrogens is 2. The molecule has 0 fully saturated rings. The van der Waals surface area contributed by atoms with Gasteiger partial charge in [-0.3, -0.25) is 9.00 Å². The van der Waals surface area contributed by atoms with Gasteiger partial charge in [-0.15, -0.1) is 0 Å². The van der Waals surface area contributed by atoms with Crippen LogP contribution in [-0.2, 0) is 10.8 Å². The quantitative estimate of drug-likeness (QED) is 0.783. The molecule has 1 atom stereocenters. The maximum atomic E-state index is 11.0. The highest BCUT2D eigenvalue weighted by Gasteiger charge is 2.04. The van der Waals surface area contributed by atoms with E-state index in [0.717, 1.165) is 0 Å². The van der Waals surface area contributed by atoms with Gasteiger partial charge in [0.15, 0.2) is 5.82 Å². The Bertz CT molecular complexity index is 393. The molecule has 78 valence electrons. The van der Waals surface area contributed by atoms with Crippen LogP contribution in [0.1, 0.15) is 0 Å². The van der Waals surface area contributed by atoms with Gasteiger partial charge in [-0.1, -0.05) is 11.6 Å². The fraction of sp³-hybridized carbons (Fsp3) is 0.429. The zero-order valence-corrected chi connectivity index (χ0v) is 9.11. The van der Waals surface area contributed by atoms with Crippen molar-refractivity contribution in [3.05, 3.63) is 21.7 Å². The summed E-state index contributed by atoms with van der Waals surface area (Å²) in [6.07, 6.45) is 2.87. The van der Waals surface area contributed by atoms with Crippen LogP contribution in [0, 0.1) is 0 Å². The molecule has 14 heavy (non-hydrogen) atoms. The minimum Gasteiger partial charge on any atom is -0.368 e. The van der Waals surface area contributed by atoms with Crippen molar-refractivity contribution >= 4 is 28.2 Å². The Morgan fingerprint density at radius 3 is 3.07 bits per heavy atom. The highest BCUT2D eigenvalue weighted by Crippen LogP contribution is 2.10. The summed E-state index contributed by atoms with van der Waals surface area (Å²) in [6, 6.07) is 0. The second-order valence-electron chi connectivity index (χ2n) is 2.60. The lowest BCUT2D eigenvalue weighted by atomic mass is 10.5.